The fourth-order valence-corrected chi connectivity index (χ4v) is 5.06. The van der Waals surface area contributed by atoms with Crippen LogP contribution in [-0.4, -0.2) is 49.3 Å². The second kappa shape index (κ2) is 9.88. The molecule has 0 bridgehead atoms. The Hall–Kier alpha value is -4.09. The highest BCUT2D eigenvalue weighted by molar-refractivity contribution is 7.80. The molecule has 1 aromatic carbocycles. The summed E-state index contributed by atoms with van der Waals surface area (Å²) < 4.78 is 8.82. The van der Waals surface area contributed by atoms with Gasteiger partial charge in [0, 0.05) is 41.6 Å². The predicted octanol–water partition coefficient (Wildman–Crippen LogP) is 3.16. The summed E-state index contributed by atoms with van der Waals surface area (Å²) in [6.07, 6.45) is 5.13. The fourth-order valence-electron chi connectivity index (χ4n) is 4.71. The van der Waals surface area contributed by atoms with Crippen molar-refractivity contribution in [1.29, 1.82) is 0 Å². The Morgan fingerprint density at radius 1 is 1.14 bits per heavy atom. The summed E-state index contributed by atoms with van der Waals surface area (Å²) in [7, 11) is 1.49. The van der Waals surface area contributed by atoms with E-state index in [1.165, 1.54) is 7.11 Å². The van der Waals surface area contributed by atoms with Crippen molar-refractivity contribution in [3.05, 3.63) is 90.0 Å². The summed E-state index contributed by atoms with van der Waals surface area (Å²) in [5, 5.41) is 14.8. The summed E-state index contributed by atoms with van der Waals surface area (Å²) in [6, 6.07) is 15.3. The van der Waals surface area contributed by atoms with Crippen molar-refractivity contribution >= 4 is 34.6 Å². The largest absolute Gasteiger partial charge is 0.375 e. The number of aryl methyl sites for hydroxylation is 1. The molecule has 4 aromatic rings. The molecule has 5 rings (SSSR count). The number of amides is 1. The lowest BCUT2D eigenvalue weighted by Crippen LogP contribution is -2.29. The first-order valence-electron chi connectivity index (χ1n) is 11.4. The van der Waals surface area contributed by atoms with Gasteiger partial charge in [-0.05, 0) is 68.5 Å². The summed E-state index contributed by atoms with van der Waals surface area (Å²) in [5.74, 6) is -0.210. The summed E-state index contributed by atoms with van der Waals surface area (Å²) >= 11 is 5.85. The molecular weight excluding hydrogens is 476 g/mol. The number of aromatic nitrogens is 5. The van der Waals surface area contributed by atoms with Crippen LogP contribution in [0.15, 0.2) is 67.4 Å². The van der Waals surface area contributed by atoms with Crippen molar-refractivity contribution in [3.8, 4) is 0 Å². The normalized spacial score (nSPS) is 17.3. The van der Waals surface area contributed by atoms with Crippen LogP contribution >= 0.6 is 12.2 Å². The van der Waals surface area contributed by atoms with Gasteiger partial charge in [-0.25, -0.2) is 4.68 Å². The van der Waals surface area contributed by atoms with Crippen LogP contribution in [0.5, 0.6) is 0 Å². The molecule has 0 spiro atoms. The molecule has 1 aliphatic rings. The first-order valence-corrected chi connectivity index (χ1v) is 11.8. The first-order chi connectivity index (χ1) is 17.5. The Labute approximate surface area is 213 Å². The number of hydrogen-bond acceptors (Lipinski definition) is 6. The molecule has 1 amide bonds. The average Bonchev–Trinajstić information content (AvgIpc) is 3.58. The van der Waals surface area contributed by atoms with Crippen LogP contribution < -0.4 is 15.5 Å². The maximum atomic E-state index is 11.9. The third kappa shape index (κ3) is 4.34. The SMILES string of the molecule is COCC(=O)Nc1ccc(N2C(=S)N[C@H](c3ccccn3)[C@H]2c2cc(C)n(-n3cnnc3)c2C)cc1. The van der Waals surface area contributed by atoms with Gasteiger partial charge in [0.2, 0.25) is 5.91 Å². The van der Waals surface area contributed by atoms with Crippen LogP contribution in [0.3, 0.4) is 0 Å². The van der Waals surface area contributed by atoms with Crippen LogP contribution in [0, 0.1) is 13.8 Å². The number of thiocarbonyl (C=S) groups is 1. The molecule has 2 N–H and O–H groups in total. The molecule has 1 fully saturated rings. The van der Waals surface area contributed by atoms with Crippen molar-refractivity contribution < 1.29 is 9.53 Å². The van der Waals surface area contributed by atoms with E-state index < -0.39 is 0 Å². The molecule has 10 nitrogen and oxygen atoms in total. The highest BCUT2D eigenvalue weighted by Crippen LogP contribution is 2.43. The van der Waals surface area contributed by atoms with E-state index in [0.717, 1.165) is 28.3 Å². The third-order valence-electron chi connectivity index (χ3n) is 6.19. The van der Waals surface area contributed by atoms with Crippen LogP contribution in [0.25, 0.3) is 0 Å². The average molecular weight is 503 g/mol. The van der Waals surface area contributed by atoms with Crippen LogP contribution in [0.2, 0.25) is 0 Å². The summed E-state index contributed by atoms with van der Waals surface area (Å²) in [5.41, 5.74) is 5.65. The summed E-state index contributed by atoms with van der Waals surface area (Å²) in [6.45, 7) is 4.12. The molecule has 0 radical (unpaired) electrons. The molecule has 3 aromatic heterocycles. The lowest BCUT2D eigenvalue weighted by atomic mass is 9.96. The van der Waals surface area contributed by atoms with E-state index in [9.17, 15) is 4.79 Å². The van der Waals surface area contributed by atoms with Crippen LogP contribution in [0.1, 0.15) is 34.7 Å². The number of anilines is 2. The molecular formula is C25H26N8O2S. The van der Waals surface area contributed by atoms with Gasteiger partial charge in [0.05, 0.1) is 17.8 Å². The van der Waals surface area contributed by atoms with Gasteiger partial charge in [-0.15, -0.1) is 10.2 Å². The second-order valence-corrected chi connectivity index (χ2v) is 8.89. The van der Waals surface area contributed by atoms with Crippen molar-refractivity contribution in [2.75, 3.05) is 23.9 Å². The van der Waals surface area contributed by atoms with E-state index in [-0.39, 0.29) is 24.6 Å². The zero-order valence-electron chi connectivity index (χ0n) is 20.1. The van der Waals surface area contributed by atoms with Crippen molar-refractivity contribution in [2.45, 2.75) is 25.9 Å². The lowest BCUT2D eigenvalue weighted by Gasteiger charge is -2.28. The monoisotopic (exact) mass is 502 g/mol. The molecule has 1 saturated heterocycles. The van der Waals surface area contributed by atoms with Gasteiger partial charge >= 0.3 is 0 Å². The van der Waals surface area contributed by atoms with Crippen molar-refractivity contribution in [3.63, 3.8) is 0 Å². The lowest BCUT2D eigenvalue weighted by molar-refractivity contribution is -0.119. The minimum Gasteiger partial charge on any atom is -0.375 e. The zero-order valence-corrected chi connectivity index (χ0v) is 20.9. The predicted molar refractivity (Wildman–Crippen MR) is 140 cm³/mol. The van der Waals surface area contributed by atoms with E-state index >= 15 is 0 Å². The highest BCUT2D eigenvalue weighted by Gasteiger charge is 2.42. The standard InChI is InChI=1S/C25H26N8O2S/c1-16-12-20(17(2)33(16)31-14-27-28-15-31)24-23(21-6-4-5-11-26-21)30-25(36)32(24)19-9-7-18(8-10-19)29-22(34)13-35-3/h4-12,14-15,23-24H,13H2,1-3H3,(H,29,34)(H,30,36)/t23-,24-/m1/s1. The van der Waals surface area contributed by atoms with E-state index in [0.29, 0.717) is 10.8 Å². The molecule has 2 atom stereocenters. The highest BCUT2D eigenvalue weighted by atomic mass is 32.1. The Kier molecular flexibility index (Phi) is 6.49. The topological polar surface area (TPSA) is 102 Å². The second-order valence-electron chi connectivity index (χ2n) is 8.50. The Bertz CT molecular complexity index is 1370. The number of nitrogens with one attached hydrogen (secondary N) is 2. The molecule has 11 heteroatoms. The number of benzene rings is 1. The van der Waals surface area contributed by atoms with Gasteiger partial charge < -0.3 is 20.3 Å². The van der Waals surface area contributed by atoms with Gasteiger partial charge in [-0.1, -0.05) is 6.07 Å². The Balaban J connectivity index is 1.57. The number of carbonyl (C=O) groups excluding carboxylic acids is 1. The van der Waals surface area contributed by atoms with E-state index in [4.69, 9.17) is 17.0 Å². The molecule has 0 saturated carbocycles. The number of pyridine rings is 1. The van der Waals surface area contributed by atoms with Gasteiger partial charge in [0.1, 0.15) is 19.3 Å². The molecule has 184 valence electrons. The smallest absolute Gasteiger partial charge is 0.250 e. The van der Waals surface area contributed by atoms with E-state index in [2.05, 4.69) is 55.3 Å². The zero-order chi connectivity index (χ0) is 25.2. The van der Waals surface area contributed by atoms with Crippen LogP contribution in [-0.2, 0) is 9.53 Å². The summed E-state index contributed by atoms with van der Waals surface area (Å²) in [4.78, 5) is 18.7. The maximum absolute atomic E-state index is 11.9. The van der Waals surface area contributed by atoms with Crippen molar-refractivity contribution in [1.82, 2.24) is 29.9 Å². The van der Waals surface area contributed by atoms with Gasteiger partial charge in [-0.3, -0.25) is 14.5 Å². The van der Waals surface area contributed by atoms with Gasteiger partial charge in [0.15, 0.2) is 5.11 Å². The number of ether oxygens (including phenoxy) is 1. The fraction of sp³-hybridized carbons (Fsp3) is 0.240. The molecule has 36 heavy (non-hydrogen) atoms. The quantitative estimate of drug-likeness (QED) is 0.372. The number of carbonyl (C=O) groups is 1. The maximum Gasteiger partial charge on any atom is 0.250 e. The molecule has 1 aliphatic heterocycles. The number of hydrogen-bond donors (Lipinski definition) is 2. The first kappa shape index (κ1) is 23.6. The van der Waals surface area contributed by atoms with E-state index in [1.807, 2.05) is 47.1 Å². The minimum absolute atomic E-state index is 0.00222. The Morgan fingerprint density at radius 3 is 2.56 bits per heavy atom. The number of methoxy groups -OCH3 is 1. The Morgan fingerprint density at radius 2 is 1.89 bits per heavy atom. The molecule has 4 heterocycles. The van der Waals surface area contributed by atoms with E-state index in [1.54, 1.807) is 18.9 Å². The number of nitrogens with zero attached hydrogens (tertiary/aromatic N) is 6. The van der Waals surface area contributed by atoms with Gasteiger partial charge in [0.25, 0.3) is 0 Å². The molecule has 0 unspecified atom stereocenters. The van der Waals surface area contributed by atoms with Crippen molar-refractivity contribution in [2.24, 2.45) is 0 Å². The van der Waals surface area contributed by atoms with Crippen LogP contribution in [0.4, 0.5) is 11.4 Å². The molecule has 0 aliphatic carbocycles. The number of rotatable bonds is 7. The minimum atomic E-state index is -0.210. The van der Waals surface area contributed by atoms with Gasteiger partial charge in [-0.2, -0.15) is 0 Å². The third-order valence-corrected chi connectivity index (χ3v) is 6.51.